The lowest BCUT2D eigenvalue weighted by atomic mass is 10.3. The highest BCUT2D eigenvalue weighted by atomic mass is 31.1. The Hall–Kier alpha value is -1.28. The van der Waals surface area contributed by atoms with Crippen molar-refractivity contribution in [1.29, 1.82) is 0 Å². The Morgan fingerprint density at radius 3 is 2.45 bits per heavy atom. The molecule has 0 saturated carbocycles. The number of hydrogen-bond acceptors (Lipinski definition) is 3. The zero-order chi connectivity index (χ0) is 8.27. The molecular formula is C6H7N2O2P. The predicted octanol–water partition coefficient (Wildman–Crippen LogP) is 1.77. The number of hydrogen-bond donors (Lipinski definition) is 2. The number of para-hydroxylation sites is 2. The largest absolute Gasteiger partial charge is 0.424 e. The molecule has 11 heavy (non-hydrogen) atoms. The molecule has 1 aromatic carbocycles. The molecule has 3 N–H and O–H groups in total. The van der Waals surface area contributed by atoms with Gasteiger partial charge in [0.1, 0.15) is 0 Å². The maximum Gasteiger partial charge on any atom is 0.424 e. The predicted molar refractivity (Wildman–Crippen MR) is 42.8 cm³/mol. The highest BCUT2D eigenvalue weighted by Crippen LogP contribution is 2.21. The minimum Gasteiger partial charge on any atom is -0.397 e. The van der Waals surface area contributed by atoms with Crippen LogP contribution in [0.2, 0.25) is 0 Å². The van der Waals surface area contributed by atoms with E-state index in [1.807, 2.05) is 0 Å². The number of benzene rings is 1. The molecule has 0 spiro atoms. The summed E-state index contributed by atoms with van der Waals surface area (Å²) in [6, 6.07) is 6.66. The van der Waals surface area contributed by atoms with E-state index < -0.39 is 7.83 Å². The van der Waals surface area contributed by atoms with Gasteiger partial charge in [-0.15, -0.1) is 0 Å². The van der Waals surface area contributed by atoms with Gasteiger partial charge in [-0.3, -0.25) is 5.09 Å². The molecule has 0 aliphatic rings. The van der Waals surface area contributed by atoms with Crippen molar-refractivity contribution in [2.45, 2.75) is 0 Å². The average molecular weight is 170 g/mol. The van der Waals surface area contributed by atoms with Crippen molar-refractivity contribution < 1.29 is 9.13 Å². The Balaban J connectivity index is 2.94. The number of nitrogens with two attached hydrogens (primary N) is 1. The van der Waals surface area contributed by atoms with Crippen molar-refractivity contribution >= 4 is 19.2 Å². The molecule has 0 fully saturated rings. The Labute approximate surface area is 64.3 Å². The van der Waals surface area contributed by atoms with Gasteiger partial charge >= 0.3 is 7.83 Å². The first-order valence-electron chi connectivity index (χ1n) is 2.95. The van der Waals surface area contributed by atoms with E-state index in [9.17, 15) is 9.13 Å². The number of nitrogen functional groups attached to an aromatic ring is 1. The molecule has 0 amide bonds. The summed E-state index contributed by atoms with van der Waals surface area (Å²) >= 11 is 0. The van der Waals surface area contributed by atoms with Crippen molar-refractivity contribution in [2.75, 3.05) is 10.8 Å². The molecule has 4 nitrogen and oxygen atoms in total. The highest BCUT2D eigenvalue weighted by molar-refractivity contribution is 7.32. The second kappa shape index (κ2) is 3.21. The Morgan fingerprint density at radius 1 is 1.27 bits per heavy atom. The zero-order valence-corrected chi connectivity index (χ0v) is 6.54. The SMILES string of the molecule is Nc1ccccc1NP(=O)=O. The molecule has 0 saturated heterocycles. The van der Waals surface area contributed by atoms with Crippen LogP contribution in [0, 0.1) is 0 Å². The van der Waals surface area contributed by atoms with Gasteiger partial charge in [-0.05, 0) is 12.1 Å². The monoisotopic (exact) mass is 170 g/mol. The lowest BCUT2D eigenvalue weighted by Crippen LogP contribution is -1.90. The first-order valence-corrected chi connectivity index (χ1v) is 4.13. The van der Waals surface area contributed by atoms with Crippen LogP contribution < -0.4 is 10.8 Å². The average Bonchev–Trinajstić information content (AvgIpc) is 1.93. The molecule has 1 aromatic rings. The van der Waals surface area contributed by atoms with E-state index in [0.717, 1.165) is 0 Å². The van der Waals surface area contributed by atoms with Crippen molar-refractivity contribution in [1.82, 2.24) is 0 Å². The van der Waals surface area contributed by atoms with Crippen LogP contribution in [0.15, 0.2) is 24.3 Å². The van der Waals surface area contributed by atoms with Gasteiger partial charge in [0, 0.05) is 0 Å². The maximum atomic E-state index is 10.2. The van der Waals surface area contributed by atoms with Crippen LogP contribution in [0.5, 0.6) is 0 Å². The van der Waals surface area contributed by atoms with Crippen LogP contribution in [0.4, 0.5) is 11.4 Å². The van der Waals surface area contributed by atoms with Crippen LogP contribution in [0.1, 0.15) is 0 Å². The summed E-state index contributed by atoms with van der Waals surface area (Å²) in [7, 11) is -2.62. The van der Waals surface area contributed by atoms with E-state index in [-0.39, 0.29) is 0 Å². The lowest BCUT2D eigenvalue weighted by Gasteiger charge is -1.99. The van der Waals surface area contributed by atoms with Crippen molar-refractivity contribution in [3.8, 4) is 0 Å². The van der Waals surface area contributed by atoms with Crippen molar-refractivity contribution in [2.24, 2.45) is 0 Å². The Kier molecular flexibility index (Phi) is 2.28. The lowest BCUT2D eigenvalue weighted by molar-refractivity contribution is 0.519. The van der Waals surface area contributed by atoms with Gasteiger partial charge < -0.3 is 5.73 Å². The molecular weight excluding hydrogens is 163 g/mol. The summed E-state index contributed by atoms with van der Waals surface area (Å²) in [5.41, 5.74) is 6.28. The molecule has 58 valence electrons. The van der Waals surface area contributed by atoms with Gasteiger partial charge in [-0.2, -0.15) is 0 Å². The Bertz CT molecular complexity index is 314. The summed E-state index contributed by atoms with van der Waals surface area (Å²) in [6.45, 7) is 0. The fourth-order valence-electron chi connectivity index (χ4n) is 0.697. The minimum absolute atomic E-state index is 0.420. The molecule has 0 heterocycles. The van der Waals surface area contributed by atoms with Crippen molar-refractivity contribution in [3.63, 3.8) is 0 Å². The summed E-state index contributed by atoms with van der Waals surface area (Å²) in [4.78, 5) is 0. The van der Waals surface area contributed by atoms with Gasteiger partial charge in [0.05, 0.1) is 11.4 Å². The fraction of sp³-hybridized carbons (Fsp3) is 0. The van der Waals surface area contributed by atoms with E-state index >= 15 is 0 Å². The second-order valence-electron chi connectivity index (χ2n) is 1.96. The normalized spacial score (nSPS) is 9.09. The molecule has 0 aromatic heterocycles. The van der Waals surface area contributed by atoms with Crippen LogP contribution in [0.25, 0.3) is 0 Å². The van der Waals surface area contributed by atoms with Crippen LogP contribution in [0.3, 0.4) is 0 Å². The molecule has 0 unspecified atom stereocenters. The number of nitrogens with one attached hydrogen (secondary N) is 1. The first kappa shape index (κ1) is 7.82. The molecule has 1 rings (SSSR count). The van der Waals surface area contributed by atoms with Crippen LogP contribution >= 0.6 is 7.83 Å². The molecule has 0 bridgehead atoms. The maximum absolute atomic E-state index is 10.2. The smallest absolute Gasteiger partial charge is 0.397 e. The molecule has 0 aliphatic heterocycles. The number of rotatable bonds is 2. The topological polar surface area (TPSA) is 72.2 Å². The van der Waals surface area contributed by atoms with E-state index in [2.05, 4.69) is 5.09 Å². The minimum atomic E-state index is -2.62. The molecule has 0 atom stereocenters. The first-order chi connectivity index (χ1) is 5.20. The standard InChI is InChI=1S/C6H7N2O2P/c7-5-3-1-2-4-6(5)8-11(9)10/h1-4H,7H2,(H,8,9,10). The van der Waals surface area contributed by atoms with Crippen molar-refractivity contribution in [3.05, 3.63) is 24.3 Å². The van der Waals surface area contributed by atoms with Gasteiger partial charge in [0.2, 0.25) is 0 Å². The molecule has 0 aliphatic carbocycles. The van der Waals surface area contributed by atoms with Crippen LogP contribution in [-0.4, -0.2) is 0 Å². The van der Waals surface area contributed by atoms with Gasteiger partial charge in [0.25, 0.3) is 0 Å². The summed E-state index contributed by atoms with van der Waals surface area (Å²) < 4.78 is 20.4. The Morgan fingerprint density at radius 2 is 1.91 bits per heavy atom. The highest BCUT2D eigenvalue weighted by Gasteiger charge is 1.96. The van der Waals surface area contributed by atoms with Gasteiger partial charge in [-0.25, -0.2) is 9.13 Å². The summed E-state index contributed by atoms with van der Waals surface area (Å²) in [5.74, 6) is 0. The van der Waals surface area contributed by atoms with Crippen LogP contribution in [-0.2, 0) is 9.13 Å². The molecule has 5 heteroatoms. The zero-order valence-electron chi connectivity index (χ0n) is 5.65. The summed E-state index contributed by atoms with van der Waals surface area (Å²) in [6.07, 6.45) is 0. The van der Waals surface area contributed by atoms with Gasteiger partial charge in [-0.1, -0.05) is 12.1 Å². The van der Waals surface area contributed by atoms with E-state index in [1.54, 1.807) is 24.3 Å². The van der Waals surface area contributed by atoms with E-state index in [0.29, 0.717) is 11.4 Å². The third-order valence-electron chi connectivity index (χ3n) is 1.17. The third-order valence-corrected chi connectivity index (χ3v) is 1.60. The number of anilines is 2. The quantitative estimate of drug-likeness (QED) is 0.524. The van der Waals surface area contributed by atoms with E-state index in [1.165, 1.54) is 0 Å². The molecule has 0 radical (unpaired) electrons. The fourth-order valence-corrected chi connectivity index (χ4v) is 1.10. The van der Waals surface area contributed by atoms with Gasteiger partial charge in [0.15, 0.2) is 0 Å². The summed E-state index contributed by atoms with van der Waals surface area (Å²) in [5, 5.41) is 2.20. The second-order valence-corrected chi connectivity index (χ2v) is 2.69. The van der Waals surface area contributed by atoms with E-state index in [4.69, 9.17) is 5.73 Å². The third kappa shape index (κ3) is 2.09.